The number of rotatable bonds is 7. The van der Waals surface area contributed by atoms with Gasteiger partial charge >= 0.3 is 5.97 Å². The van der Waals surface area contributed by atoms with Crippen LogP contribution >= 0.6 is 11.3 Å². The summed E-state index contributed by atoms with van der Waals surface area (Å²) in [5.41, 5.74) is 4.29. The van der Waals surface area contributed by atoms with Crippen LogP contribution in [0.25, 0.3) is 10.2 Å². The molecule has 2 aromatic carbocycles. The zero-order chi connectivity index (χ0) is 25.1. The zero-order valence-corrected chi connectivity index (χ0v) is 20.7. The summed E-state index contributed by atoms with van der Waals surface area (Å²) in [6, 6.07) is 16.7. The van der Waals surface area contributed by atoms with Gasteiger partial charge in [-0.25, -0.2) is 4.79 Å². The molecule has 0 radical (unpaired) electrons. The highest BCUT2D eigenvalue weighted by Crippen LogP contribution is 2.29. The highest BCUT2D eigenvalue weighted by atomic mass is 32.1. The van der Waals surface area contributed by atoms with Crippen molar-refractivity contribution in [3.63, 3.8) is 0 Å². The number of amides is 2. The quantitative estimate of drug-likeness (QED) is 0.359. The first kappa shape index (κ1) is 24.2. The average Bonchev–Trinajstić information content (AvgIpc) is 3.37. The van der Waals surface area contributed by atoms with Crippen molar-refractivity contribution in [2.75, 3.05) is 10.6 Å². The number of esters is 1. The fourth-order valence-corrected chi connectivity index (χ4v) is 4.59. The number of aryl methyl sites for hydroxylation is 2. The molecule has 0 saturated heterocycles. The van der Waals surface area contributed by atoms with Crippen LogP contribution in [0, 0.1) is 13.8 Å². The number of anilines is 2. The maximum absolute atomic E-state index is 12.8. The van der Waals surface area contributed by atoms with Gasteiger partial charge < -0.3 is 15.4 Å². The average molecular weight is 491 g/mol. The summed E-state index contributed by atoms with van der Waals surface area (Å²) >= 11 is 1.30. The lowest BCUT2D eigenvalue weighted by molar-refractivity contribution is -0.123. The van der Waals surface area contributed by atoms with E-state index in [2.05, 4.69) is 40.0 Å². The minimum absolute atomic E-state index is 0.179. The Morgan fingerprint density at radius 2 is 1.63 bits per heavy atom. The van der Waals surface area contributed by atoms with Crippen molar-refractivity contribution in [3.8, 4) is 0 Å². The molecule has 1 atom stereocenters. The third kappa shape index (κ3) is 5.75. The molecule has 0 bridgehead atoms. The van der Waals surface area contributed by atoms with E-state index in [9.17, 15) is 14.4 Å². The lowest BCUT2D eigenvalue weighted by Crippen LogP contribution is -2.29. The molecule has 4 rings (SSSR count). The van der Waals surface area contributed by atoms with Crippen LogP contribution in [0.3, 0.4) is 0 Å². The molecule has 4 aromatic rings. The van der Waals surface area contributed by atoms with Gasteiger partial charge in [0.2, 0.25) is 5.91 Å². The van der Waals surface area contributed by atoms with Gasteiger partial charge in [-0.15, -0.1) is 11.3 Å². The van der Waals surface area contributed by atoms with Crippen LogP contribution in [-0.2, 0) is 20.9 Å². The van der Waals surface area contributed by atoms with Crippen LogP contribution < -0.4 is 10.6 Å². The SMILES string of the molecule is CC(=O)Nc1ccc(NC(=O)C(C)OC(=O)c2cc3c(C)nn(Cc4ccc(C)cc4)c3s2)cc1. The molecule has 0 fully saturated rings. The molecule has 2 amide bonds. The molecule has 0 spiro atoms. The standard InChI is InChI=1S/C26H26N4O4S/c1-15-5-7-19(8-6-15)14-30-25-22(16(2)29-30)13-23(35-25)26(33)34-17(3)24(32)28-21-11-9-20(10-12-21)27-18(4)31/h5-13,17H,14H2,1-4H3,(H,27,31)(H,28,32). The summed E-state index contributed by atoms with van der Waals surface area (Å²) in [5, 5.41) is 10.9. The smallest absolute Gasteiger partial charge is 0.349 e. The van der Waals surface area contributed by atoms with Crippen molar-refractivity contribution < 1.29 is 19.1 Å². The van der Waals surface area contributed by atoms with E-state index >= 15 is 0 Å². The number of thiophene rings is 1. The molecular weight excluding hydrogens is 464 g/mol. The Labute approximate surface area is 206 Å². The monoisotopic (exact) mass is 490 g/mol. The third-order valence-electron chi connectivity index (χ3n) is 5.39. The van der Waals surface area contributed by atoms with E-state index in [1.165, 1.54) is 30.7 Å². The van der Waals surface area contributed by atoms with Gasteiger partial charge in [0, 0.05) is 23.7 Å². The lowest BCUT2D eigenvalue weighted by atomic mass is 10.1. The first-order valence-electron chi connectivity index (χ1n) is 11.1. The number of hydrogen-bond acceptors (Lipinski definition) is 6. The highest BCUT2D eigenvalue weighted by molar-refractivity contribution is 7.20. The van der Waals surface area contributed by atoms with Gasteiger partial charge in [0.15, 0.2) is 6.10 Å². The molecule has 35 heavy (non-hydrogen) atoms. The van der Waals surface area contributed by atoms with Gasteiger partial charge in [0.1, 0.15) is 9.71 Å². The van der Waals surface area contributed by atoms with E-state index in [0.29, 0.717) is 22.8 Å². The van der Waals surface area contributed by atoms with Crippen molar-refractivity contribution in [1.29, 1.82) is 0 Å². The van der Waals surface area contributed by atoms with E-state index in [1.54, 1.807) is 30.3 Å². The Morgan fingerprint density at radius 1 is 1.00 bits per heavy atom. The molecule has 0 aliphatic heterocycles. The fraction of sp³-hybridized carbons (Fsp3) is 0.231. The first-order valence-corrected chi connectivity index (χ1v) is 11.9. The molecule has 2 N–H and O–H groups in total. The number of fused-ring (bicyclic) bond motifs is 1. The van der Waals surface area contributed by atoms with Crippen molar-refractivity contribution in [1.82, 2.24) is 9.78 Å². The van der Waals surface area contributed by atoms with Crippen LogP contribution in [0.4, 0.5) is 11.4 Å². The van der Waals surface area contributed by atoms with E-state index in [-0.39, 0.29) is 5.91 Å². The maximum Gasteiger partial charge on any atom is 0.349 e. The topological polar surface area (TPSA) is 102 Å². The number of aromatic nitrogens is 2. The number of carbonyl (C=O) groups is 3. The predicted octanol–water partition coefficient (Wildman–Crippen LogP) is 4.91. The second-order valence-electron chi connectivity index (χ2n) is 8.35. The van der Waals surface area contributed by atoms with E-state index in [4.69, 9.17) is 4.74 Å². The Kier molecular flexibility index (Phi) is 6.97. The highest BCUT2D eigenvalue weighted by Gasteiger charge is 2.22. The predicted molar refractivity (Wildman–Crippen MR) is 137 cm³/mol. The summed E-state index contributed by atoms with van der Waals surface area (Å²) in [6.45, 7) is 7.49. The number of carbonyl (C=O) groups excluding carboxylic acids is 3. The first-order chi connectivity index (χ1) is 16.7. The van der Waals surface area contributed by atoms with Crippen LogP contribution in [0.15, 0.2) is 54.6 Å². The molecule has 2 aromatic heterocycles. The van der Waals surface area contributed by atoms with E-state index in [1.807, 2.05) is 18.5 Å². The van der Waals surface area contributed by atoms with E-state index < -0.39 is 18.0 Å². The molecule has 8 nitrogen and oxygen atoms in total. The fourth-order valence-electron chi connectivity index (χ4n) is 3.54. The Bertz CT molecular complexity index is 1390. The van der Waals surface area contributed by atoms with Crippen molar-refractivity contribution in [2.45, 2.75) is 40.3 Å². The zero-order valence-electron chi connectivity index (χ0n) is 19.9. The van der Waals surface area contributed by atoms with Crippen LogP contribution in [0.5, 0.6) is 0 Å². The van der Waals surface area contributed by atoms with Crippen molar-refractivity contribution >= 4 is 50.7 Å². The summed E-state index contributed by atoms with van der Waals surface area (Å²) in [4.78, 5) is 37.7. The van der Waals surface area contributed by atoms with Crippen LogP contribution in [0.2, 0.25) is 0 Å². The lowest BCUT2D eigenvalue weighted by Gasteiger charge is -2.13. The number of ether oxygens (including phenoxy) is 1. The van der Waals surface area contributed by atoms with Crippen molar-refractivity contribution in [3.05, 3.63) is 76.3 Å². The third-order valence-corrected chi connectivity index (χ3v) is 6.52. The Hall–Kier alpha value is -3.98. The molecule has 1 unspecified atom stereocenters. The minimum atomic E-state index is -0.993. The number of hydrogen-bond donors (Lipinski definition) is 2. The normalized spacial score (nSPS) is 11.8. The molecular formula is C26H26N4O4S. The maximum atomic E-state index is 12.8. The number of nitrogens with one attached hydrogen (secondary N) is 2. The Morgan fingerprint density at radius 3 is 2.26 bits per heavy atom. The van der Waals surface area contributed by atoms with Gasteiger partial charge in [0.05, 0.1) is 12.2 Å². The number of benzene rings is 2. The summed E-state index contributed by atoms with van der Waals surface area (Å²) in [6.07, 6.45) is -0.993. The molecule has 0 aliphatic carbocycles. The van der Waals surface area contributed by atoms with E-state index in [0.717, 1.165) is 21.5 Å². The molecule has 2 heterocycles. The van der Waals surface area contributed by atoms with Crippen LogP contribution in [-0.4, -0.2) is 33.7 Å². The number of nitrogens with zero attached hydrogens (tertiary/aromatic N) is 2. The largest absolute Gasteiger partial charge is 0.448 e. The summed E-state index contributed by atoms with van der Waals surface area (Å²) < 4.78 is 7.32. The van der Waals surface area contributed by atoms with Crippen LogP contribution in [0.1, 0.15) is 40.3 Å². The van der Waals surface area contributed by atoms with Gasteiger partial charge in [0.25, 0.3) is 5.91 Å². The molecule has 0 aliphatic rings. The second kappa shape index (κ2) is 10.1. The minimum Gasteiger partial charge on any atom is -0.448 e. The molecule has 180 valence electrons. The van der Waals surface area contributed by atoms with Gasteiger partial charge in [-0.3, -0.25) is 14.3 Å². The summed E-state index contributed by atoms with van der Waals surface area (Å²) in [7, 11) is 0. The Balaban J connectivity index is 1.41. The molecule has 0 saturated carbocycles. The second-order valence-corrected chi connectivity index (χ2v) is 9.38. The molecule has 9 heteroatoms. The van der Waals surface area contributed by atoms with Gasteiger partial charge in [-0.1, -0.05) is 29.8 Å². The van der Waals surface area contributed by atoms with Gasteiger partial charge in [-0.2, -0.15) is 5.10 Å². The summed E-state index contributed by atoms with van der Waals surface area (Å²) in [5.74, 6) is -1.19. The van der Waals surface area contributed by atoms with Crippen molar-refractivity contribution in [2.24, 2.45) is 0 Å². The van der Waals surface area contributed by atoms with Gasteiger partial charge in [-0.05, 0) is 56.7 Å².